The van der Waals surface area contributed by atoms with E-state index in [1.54, 1.807) is 6.20 Å². The Hall–Kier alpha value is -1.62. The molecule has 1 rings (SSSR count). The van der Waals surface area contributed by atoms with Gasteiger partial charge in [0.2, 0.25) is 5.91 Å². The monoisotopic (exact) mass is 264 g/mol. The summed E-state index contributed by atoms with van der Waals surface area (Å²) in [7, 11) is 1.94. The van der Waals surface area contributed by atoms with Crippen molar-refractivity contribution >= 4 is 11.7 Å². The quantitative estimate of drug-likeness (QED) is 0.783. The first-order valence-corrected chi connectivity index (χ1v) is 6.68. The van der Waals surface area contributed by atoms with Crippen LogP contribution in [-0.4, -0.2) is 42.0 Å². The number of amides is 1. The van der Waals surface area contributed by atoms with Crippen molar-refractivity contribution in [2.45, 2.75) is 33.4 Å². The lowest BCUT2D eigenvalue weighted by Crippen LogP contribution is -2.38. The second kappa shape index (κ2) is 7.74. The Morgan fingerprint density at radius 1 is 1.47 bits per heavy atom. The Labute approximate surface area is 115 Å². The smallest absolute Gasteiger partial charge is 0.234 e. The lowest BCUT2D eigenvalue weighted by Gasteiger charge is -2.17. The molecule has 0 fully saturated rings. The largest absolute Gasteiger partial charge is 0.370 e. The highest BCUT2D eigenvalue weighted by atomic mass is 16.2. The molecule has 0 aliphatic carbocycles. The molecule has 0 atom stereocenters. The zero-order chi connectivity index (χ0) is 14.3. The molecular weight excluding hydrogens is 240 g/mol. The summed E-state index contributed by atoms with van der Waals surface area (Å²) in [5.41, 5.74) is 1.14. The highest BCUT2D eigenvalue weighted by Gasteiger charge is 2.08. The molecule has 0 aromatic carbocycles. The van der Waals surface area contributed by atoms with Crippen molar-refractivity contribution in [1.29, 1.82) is 0 Å². The first kappa shape index (κ1) is 15.4. The number of likely N-dealkylation sites (N-methyl/N-ethyl adjacent to an activating group) is 1. The number of carbonyl (C=O) groups excluding carboxylic acids is 1. The van der Waals surface area contributed by atoms with E-state index in [1.807, 2.05) is 44.9 Å². The molecular formula is C14H24N4O. The van der Waals surface area contributed by atoms with Gasteiger partial charge in [0, 0.05) is 25.3 Å². The van der Waals surface area contributed by atoms with Crippen molar-refractivity contribution in [2.75, 3.05) is 25.5 Å². The first-order chi connectivity index (χ1) is 9.01. The van der Waals surface area contributed by atoms with E-state index in [-0.39, 0.29) is 11.9 Å². The maximum absolute atomic E-state index is 11.6. The standard InChI is InChI=1S/C14H24N4O/c1-5-15-13-8-12(6-7-16-13)9-18(4)10-14(19)17-11(2)3/h6-8,11H,5,9-10H2,1-4H3,(H,15,16)(H,17,19). The Morgan fingerprint density at radius 2 is 2.21 bits per heavy atom. The highest BCUT2D eigenvalue weighted by Crippen LogP contribution is 2.08. The molecule has 1 heterocycles. The lowest BCUT2D eigenvalue weighted by molar-refractivity contribution is -0.122. The molecule has 0 aliphatic heterocycles. The number of aromatic nitrogens is 1. The second-order valence-corrected chi connectivity index (χ2v) is 4.97. The van der Waals surface area contributed by atoms with Crippen molar-refractivity contribution < 1.29 is 4.79 Å². The van der Waals surface area contributed by atoms with Crippen LogP contribution in [-0.2, 0) is 11.3 Å². The van der Waals surface area contributed by atoms with E-state index in [0.29, 0.717) is 6.54 Å². The van der Waals surface area contributed by atoms with Crippen LogP contribution in [0.4, 0.5) is 5.82 Å². The van der Waals surface area contributed by atoms with Crippen LogP contribution in [0.15, 0.2) is 18.3 Å². The zero-order valence-corrected chi connectivity index (χ0v) is 12.2. The summed E-state index contributed by atoms with van der Waals surface area (Å²) >= 11 is 0. The van der Waals surface area contributed by atoms with Gasteiger partial charge >= 0.3 is 0 Å². The Bertz CT molecular complexity index is 406. The van der Waals surface area contributed by atoms with E-state index in [4.69, 9.17) is 0 Å². The minimum absolute atomic E-state index is 0.0541. The third-order valence-electron chi connectivity index (χ3n) is 2.50. The van der Waals surface area contributed by atoms with Crippen molar-refractivity contribution in [1.82, 2.24) is 15.2 Å². The number of rotatable bonds is 7. The van der Waals surface area contributed by atoms with Gasteiger partial charge in [-0.3, -0.25) is 9.69 Å². The molecule has 0 radical (unpaired) electrons. The molecule has 5 heteroatoms. The first-order valence-electron chi connectivity index (χ1n) is 6.68. The Balaban J connectivity index is 2.49. The minimum Gasteiger partial charge on any atom is -0.370 e. The number of carbonyl (C=O) groups is 1. The van der Waals surface area contributed by atoms with Crippen LogP contribution in [0.1, 0.15) is 26.3 Å². The van der Waals surface area contributed by atoms with Crippen LogP contribution in [0.5, 0.6) is 0 Å². The molecule has 0 saturated heterocycles. The lowest BCUT2D eigenvalue weighted by atomic mass is 10.2. The minimum atomic E-state index is 0.0541. The molecule has 0 unspecified atom stereocenters. The van der Waals surface area contributed by atoms with Crippen LogP contribution in [0.2, 0.25) is 0 Å². The average Bonchev–Trinajstić information content (AvgIpc) is 2.28. The molecule has 0 saturated carbocycles. The van der Waals surface area contributed by atoms with Gasteiger partial charge in [-0.05, 0) is 45.5 Å². The average molecular weight is 264 g/mol. The van der Waals surface area contributed by atoms with E-state index in [2.05, 4.69) is 15.6 Å². The number of pyridine rings is 1. The summed E-state index contributed by atoms with van der Waals surface area (Å²) in [6.45, 7) is 7.94. The van der Waals surface area contributed by atoms with Crippen LogP contribution in [0, 0.1) is 0 Å². The van der Waals surface area contributed by atoms with Gasteiger partial charge < -0.3 is 10.6 Å². The maximum Gasteiger partial charge on any atom is 0.234 e. The van der Waals surface area contributed by atoms with Gasteiger partial charge in [0.1, 0.15) is 5.82 Å². The number of anilines is 1. The van der Waals surface area contributed by atoms with E-state index >= 15 is 0 Å². The molecule has 0 spiro atoms. The Morgan fingerprint density at radius 3 is 2.84 bits per heavy atom. The fourth-order valence-electron chi connectivity index (χ4n) is 1.83. The fraction of sp³-hybridized carbons (Fsp3) is 0.571. The summed E-state index contributed by atoms with van der Waals surface area (Å²) < 4.78 is 0. The maximum atomic E-state index is 11.6. The summed E-state index contributed by atoms with van der Waals surface area (Å²) in [5, 5.41) is 6.06. The van der Waals surface area contributed by atoms with Gasteiger partial charge in [-0.2, -0.15) is 0 Å². The van der Waals surface area contributed by atoms with Gasteiger partial charge in [-0.25, -0.2) is 4.98 Å². The highest BCUT2D eigenvalue weighted by molar-refractivity contribution is 5.78. The van der Waals surface area contributed by atoms with Crippen LogP contribution in [0.25, 0.3) is 0 Å². The van der Waals surface area contributed by atoms with Gasteiger partial charge in [0.15, 0.2) is 0 Å². The normalized spacial score (nSPS) is 10.8. The zero-order valence-electron chi connectivity index (χ0n) is 12.2. The molecule has 2 N–H and O–H groups in total. The Kier molecular flexibility index (Phi) is 6.29. The van der Waals surface area contributed by atoms with Crippen molar-refractivity contribution in [2.24, 2.45) is 0 Å². The van der Waals surface area contributed by atoms with Gasteiger partial charge in [-0.1, -0.05) is 0 Å². The molecule has 1 amide bonds. The SMILES string of the molecule is CCNc1cc(CN(C)CC(=O)NC(C)C)ccn1. The van der Waals surface area contributed by atoms with Crippen LogP contribution in [0.3, 0.4) is 0 Å². The predicted octanol–water partition coefficient (Wildman–Crippen LogP) is 1.47. The van der Waals surface area contributed by atoms with Crippen LogP contribution < -0.4 is 10.6 Å². The van der Waals surface area contributed by atoms with Gasteiger partial charge in [-0.15, -0.1) is 0 Å². The third kappa shape index (κ3) is 6.20. The molecule has 106 valence electrons. The van der Waals surface area contributed by atoms with E-state index in [0.717, 1.165) is 24.5 Å². The topological polar surface area (TPSA) is 57.3 Å². The van der Waals surface area contributed by atoms with E-state index < -0.39 is 0 Å². The molecule has 0 aliphatic rings. The number of hydrogen-bond acceptors (Lipinski definition) is 4. The fourth-order valence-corrected chi connectivity index (χ4v) is 1.83. The van der Waals surface area contributed by atoms with Gasteiger partial charge in [0.05, 0.1) is 6.54 Å². The summed E-state index contributed by atoms with van der Waals surface area (Å²) in [6, 6.07) is 4.17. The van der Waals surface area contributed by atoms with Crippen molar-refractivity contribution in [3.63, 3.8) is 0 Å². The second-order valence-electron chi connectivity index (χ2n) is 4.97. The number of hydrogen-bond donors (Lipinski definition) is 2. The molecule has 1 aromatic rings. The number of nitrogens with zero attached hydrogens (tertiary/aromatic N) is 2. The molecule has 19 heavy (non-hydrogen) atoms. The van der Waals surface area contributed by atoms with Crippen molar-refractivity contribution in [3.8, 4) is 0 Å². The molecule has 0 bridgehead atoms. The van der Waals surface area contributed by atoms with Gasteiger partial charge in [0.25, 0.3) is 0 Å². The van der Waals surface area contributed by atoms with Crippen molar-refractivity contribution in [3.05, 3.63) is 23.9 Å². The third-order valence-corrected chi connectivity index (χ3v) is 2.50. The summed E-state index contributed by atoms with van der Waals surface area (Å²) in [6.07, 6.45) is 1.79. The van der Waals surface area contributed by atoms with Crippen LogP contribution >= 0.6 is 0 Å². The van der Waals surface area contributed by atoms with E-state index in [9.17, 15) is 4.79 Å². The molecule has 1 aromatic heterocycles. The molecule has 5 nitrogen and oxygen atoms in total. The van der Waals surface area contributed by atoms with E-state index in [1.165, 1.54) is 0 Å². The number of nitrogens with one attached hydrogen (secondary N) is 2. The summed E-state index contributed by atoms with van der Waals surface area (Å²) in [5.74, 6) is 0.929. The predicted molar refractivity (Wildman–Crippen MR) is 78.0 cm³/mol. The summed E-state index contributed by atoms with van der Waals surface area (Å²) in [4.78, 5) is 17.9.